The number of hydrogen-bond acceptors (Lipinski definition) is 0. The fourth-order valence-electron chi connectivity index (χ4n) is 1.80. The van der Waals surface area contributed by atoms with Gasteiger partial charge in [-0.1, -0.05) is 48.6 Å². The Morgan fingerprint density at radius 1 is 1.13 bits per heavy atom. The second-order valence-electron chi connectivity index (χ2n) is 3.84. The van der Waals surface area contributed by atoms with Crippen LogP contribution in [0.3, 0.4) is 0 Å². The quantitative estimate of drug-likeness (QED) is 0.698. The van der Waals surface area contributed by atoms with Crippen LogP contribution in [-0.2, 0) is 6.42 Å². The predicted molar refractivity (Wildman–Crippen MR) is 61.5 cm³/mol. The zero-order chi connectivity index (χ0) is 10.5. The van der Waals surface area contributed by atoms with Crippen LogP contribution in [0.25, 0.3) is 0 Å². The standard InChI is InChI=1S/C14H15F/c15-14(13-9-5-2-6-10-13)11-12-7-3-1-4-8-12/h1,3-5,7-10,14H,2,6,11H2. The van der Waals surface area contributed by atoms with Gasteiger partial charge in [0.15, 0.2) is 0 Å². The summed E-state index contributed by atoms with van der Waals surface area (Å²) in [5.41, 5.74) is 1.90. The first-order chi connectivity index (χ1) is 7.36. The maximum absolute atomic E-state index is 13.9. The third-order valence-corrected chi connectivity index (χ3v) is 2.64. The van der Waals surface area contributed by atoms with Crippen molar-refractivity contribution in [1.82, 2.24) is 0 Å². The van der Waals surface area contributed by atoms with E-state index in [9.17, 15) is 4.39 Å². The Bertz CT molecular complexity index is 362. The zero-order valence-corrected chi connectivity index (χ0v) is 8.70. The van der Waals surface area contributed by atoms with Gasteiger partial charge in [0.2, 0.25) is 0 Å². The largest absolute Gasteiger partial charge is 0.242 e. The number of allylic oxidation sites excluding steroid dienone is 4. The number of rotatable bonds is 3. The van der Waals surface area contributed by atoms with Crippen molar-refractivity contribution < 1.29 is 4.39 Å². The molecule has 1 aromatic carbocycles. The lowest BCUT2D eigenvalue weighted by atomic mass is 9.98. The Morgan fingerprint density at radius 3 is 2.60 bits per heavy atom. The smallest absolute Gasteiger partial charge is 0.129 e. The van der Waals surface area contributed by atoms with Gasteiger partial charge in [0.1, 0.15) is 6.17 Å². The molecule has 0 spiro atoms. The summed E-state index contributed by atoms with van der Waals surface area (Å²) in [6.45, 7) is 0. The molecule has 0 fully saturated rings. The Kier molecular flexibility index (Phi) is 3.33. The molecule has 0 N–H and O–H groups in total. The first kappa shape index (κ1) is 10.2. The van der Waals surface area contributed by atoms with Crippen LogP contribution in [0.2, 0.25) is 0 Å². The van der Waals surface area contributed by atoms with Crippen molar-refractivity contribution in [3.8, 4) is 0 Å². The van der Waals surface area contributed by atoms with Crippen molar-refractivity contribution in [3.63, 3.8) is 0 Å². The molecule has 0 aliphatic heterocycles. The van der Waals surface area contributed by atoms with Gasteiger partial charge in [0, 0.05) is 6.42 Å². The van der Waals surface area contributed by atoms with Gasteiger partial charge in [-0.25, -0.2) is 4.39 Å². The van der Waals surface area contributed by atoms with Gasteiger partial charge in [-0.3, -0.25) is 0 Å². The van der Waals surface area contributed by atoms with Crippen LogP contribution < -0.4 is 0 Å². The molecule has 78 valence electrons. The maximum Gasteiger partial charge on any atom is 0.129 e. The van der Waals surface area contributed by atoms with Crippen molar-refractivity contribution >= 4 is 0 Å². The molecule has 1 aliphatic carbocycles. The van der Waals surface area contributed by atoms with E-state index in [0.717, 1.165) is 24.0 Å². The summed E-state index contributed by atoms with van der Waals surface area (Å²) in [5, 5.41) is 0. The number of halogens is 1. The third-order valence-electron chi connectivity index (χ3n) is 2.64. The molecular weight excluding hydrogens is 187 g/mol. The molecule has 0 heterocycles. The molecule has 0 amide bonds. The summed E-state index contributed by atoms with van der Waals surface area (Å²) in [4.78, 5) is 0. The highest BCUT2D eigenvalue weighted by Crippen LogP contribution is 2.19. The molecular formula is C14H15F. The summed E-state index contributed by atoms with van der Waals surface area (Å²) in [5.74, 6) is 0. The Hall–Kier alpha value is -1.37. The summed E-state index contributed by atoms with van der Waals surface area (Å²) < 4.78 is 13.9. The lowest BCUT2D eigenvalue weighted by molar-refractivity contribution is 0.384. The van der Waals surface area contributed by atoms with Gasteiger partial charge in [-0.2, -0.15) is 0 Å². The highest BCUT2D eigenvalue weighted by Gasteiger charge is 2.12. The van der Waals surface area contributed by atoms with E-state index < -0.39 is 6.17 Å². The van der Waals surface area contributed by atoms with Gasteiger partial charge in [-0.05, 0) is 24.0 Å². The second kappa shape index (κ2) is 4.92. The van der Waals surface area contributed by atoms with E-state index in [2.05, 4.69) is 0 Å². The third kappa shape index (κ3) is 2.79. The maximum atomic E-state index is 13.9. The van der Waals surface area contributed by atoms with Crippen molar-refractivity contribution in [2.45, 2.75) is 25.4 Å². The first-order valence-corrected chi connectivity index (χ1v) is 5.41. The van der Waals surface area contributed by atoms with Gasteiger partial charge < -0.3 is 0 Å². The van der Waals surface area contributed by atoms with E-state index in [4.69, 9.17) is 0 Å². The minimum absolute atomic E-state index is 0.483. The van der Waals surface area contributed by atoms with E-state index in [1.807, 2.05) is 48.6 Å². The highest BCUT2D eigenvalue weighted by molar-refractivity contribution is 5.28. The van der Waals surface area contributed by atoms with Crippen LogP contribution >= 0.6 is 0 Å². The lowest BCUT2D eigenvalue weighted by Crippen LogP contribution is -2.08. The Balaban J connectivity index is 2.01. The zero-order valence-electron chi connectivity index (χ0n) is 8.70. The average Bonchev–Trinajstić information content (AvgIpc) is 2.31. The van der Waals surface area contributed by atoms with Crippen LogP contribution in [0, 0.1) is 0 Å². The molecule has 1 atom stereocenters. The topological polar surface area (TPSA) is 0 Å². The molecule has 15 heavy (non-hydrogen) atoms. The lowest BCUT2D eigenvalue weighted by Gasteiger charge is -2.12. The molecule has 0 aromatic heterocycles. The van der Waals surface area contributed by atoms with Crippen molar-refractivity contribution in [2.75, 3.05) is 0 Å². The summed E-state index contributed by atoms with van der Waals surface area (Å²) in [6.07, 6.45) is 7.61. The Morgan fingerprint density at radius 2 is 1.93 bits per heavy atom. The summed E-state index contributed by atoms with van der Waals surface area (Å²) in [6, 6.07) is 9.80. The number of benzene rings is 1. The van der Waals surface area contributed by atoms with E-state index in [1.54, 1.807) is 0 Å². The minimum atomic E-state index is -0.857. The van der Waals surface area contributed by atoms with Crippen LogP contribution in [-0.4, -0.2) is 6.17 Å². The van der Waals surface area contributed by atoms with E-state index in [1.165, 1.54) is 0 Å². The molecule has 0 saturated heterocycles. The fraction of sp³-hybridized carbons (Fsp3) is 0.286. The molecule has 0 nitrogen and oxygen atoms in total. The van der Waals surface area contributed by atoms with Gasteiger partial charge in [0.05, 0.1) is 0 Å². The molecule has 1 aliphatic rings. The number of alkyl halides is 1. The molecule has 0 saturated carbocycles. The molecule has 1 aromatic rings. The molecule has 0 bridgehead atoms. The van der Waals surface area contributed by atoms with Gasteiger partial charge in [0.25, 0.3) is 0 Å². The van der Waals surface area contributed by atoms with E-state index >= 15 is 0 Å². The van der Waals surface area contributed by atoms with E-state index in [-0.39, 0.29) is 0 Å². The normalized spacial score (nSPS) is 17.3. The monoisotopic (exact) mass is 202 g/mol. The molecule has 1 unspecified atom stereocenters. The molecule has 2 rings (SSSR count). The second-order valence-corrected chi connectivity index (χ2v) is 3.84. The SMILES string of the molecule is FC(Cc1ccccc1)C1=CCCC=C1. The summed E-state index contributed by atoms with van der Waals surface area (Å²) >= 11 is 0. The van der Waals surface area contributed by atoms with Crippen molar-refractivity contribution in [1.29, 1.82) is 0 Å². The fourth-order valence-corrected chi connectivity index (χ4v) is 1.80. The van der Waals surface area contributed by atoms with Crippen LogP contribution in [0.5, 0.6) is 0 Å². The summed E-state index contributed by atoms with van der Waals surface area (Å²) in [7, 11) is 0. The predicted octanol–water partition coefficient (Wildman–Crippen LogP) is 3.84. The number of hydrogen-bond donors (Lipinski definition) is 0. The van der Waals surface area contributed by atoms with Crippen LogP contribution in [0.15, 0.2) is 54.1 Å². The minimum Gasteiger partial charge on any atom is -0.242 e. The molecule has 1 heteroatoms. The van der Waals surface area contributed by atoms with Crippen LogP contribution in [0.1, 0.15) is 18.4 Å². The van der Waals surface area contributed by atoms with Gasteiger partial charge >= 0.3 is 0 Å². The van der Waals surface area contributed by atoms with Crippen molar-refractivity contribution in [2.24, 2.45) is 0 Å². The van der Waals surface area contributed by atoms with Crippen LogP contribution in [0.4, 0.5) is 4.39 Å². The van der Waals surface area contributed by atoms with Gasteiger partial charge in [-0.15, -0.1) is 0 Å². The van der Waals surface area contributed by atoms with E-state index in [0.29, 0.717) is 6.42 Å². The Labute approximate surface area is 90.1 Å². The molecule has 0 radical (unpaired) electrons. The first-order valence-electron chi connectivity index (χ1n) is 5.41. The van der Waals surface area contributed by atoms with Crippen molar-refractivity contribution in [3.05, 3.63) is 59.7 Å². The average molecular weight is 202 g/mol. The highest BCUT2D eigenvalue weighted by atomic mass is 19.1.